The maximum absolute atomic E-state index is 11.8. The Morgan fingerprint density at radius 2 is 2.44 bits per heavy atom. The van der Waals surface area contributed by atoms with E-state index in [4.69, 9.17) is 0 Å². The fourth-order valence-electron chi connectivity index (χ4n) is 2.69. The summed E-state index contributed by atoms with van der Waals surface area (Å²) in [7, 11) is 0. The Labute approximate surface area is 111 Å². The van der Waals surface area contributed by atoms with Crippen molar-refractivity contribution in [3.8, 4) is 0 Å². The standard InChI is InChI=1S/C12H20N2O3S/c1-8-3-2-4-12(17,5-8)7-13-10(15)9-6-18-11(16)14-9/h8-9,17H,2-7H2,1H3,(H,13,15)(H,14,16). The SMILES string of the molecule is CC1CCCC(O)(CNC(=O)C2CSC(=O)N2)C1. The first-order valence-electron chi connectivity index (χ1n) is 6.42. The van der Waals surface area contributed by atoms with E-state index in [1.165, 1.54) is 0 Å². The highest BCUT2D eigenvalue weighted by molar-refractivity contribution is 8.14. The number of amides is 2. The second kappa shape index (κ2) is 5.48. The molecular formula is C12H20N2O3S. The zero-order valence-electron chi connectivity index (χ0n) is 10.6. The fourth-order valence-corrected chi connectivity index (χ4v) is 3.47. The van der Waals surface area contributed by atoms with Crippen LogP contribution in [-0.4, -0.2) is 40.2 Å². The summed E-state index contributed by atoms with van der Waals surface area (Å²) in [6, 6.07) is -0.452. The highest BCUT2D eigenvalue weighted by atomic mass is 32.2. The molecule has 1 saturated carbocycles. The topological polar surface area (TPSA) is 78.4 Å². The second-order valence-corrected chi connectivity index (χ2v) is 6.43. The molecule has 1 aliphatic carbocycles. The van der Waals surface area contributed by atoms with E-state index in [1.54, 1.807) is 0 Å². The Hall–Kier alpha value is -0.750. The average Bonchev–Trinajstić information content (AvgIpc) is 2.73. The van der Waals surface area contributed by atoms with Gasteiger partial charge in [-0.3, -0.25) is 9.59 Å². The summed E-state index contributed by atoms with van der Waals surface area (Å²) in [5.41, 5.74) is -0.775. The minimum Gasteiger partial charge on any atom is -0.388 e. The summed E-state index contributed by atoms with van der Waals surface area (Å²) in [5.74, 6) is 0.779. The average molecular weight is 272 g/mol. The van der Waals surface area contributed by atoms with Crippen LogP contribution in [-0.2, 0) is 4.79 Å². The monoisotopic (exact) mass is 272 g/mol. The molecule has 0 aromatic carbocycles. The summed E-state index contributed by atoms with van der Waals surface area (Å²) < 4.78 is 0. The smallest absolute Gasteiger partial charge is 0.279 e. The number of aliphatic hydroxyl groups is 1. The van der Waals surface area contributed by atoms with Crippen molar-refractivity contribution in [2.24, 2.45) is 5.92 Å². The number of carbonyl (C=O) groups excluding carboxylic acids is 2. The molecule has 1 heterocycles. The van der Waals surface area contributed by atoms with E-state index in [2.05, 4.69) is 17.6 Å². The molecule has 0 aromatic heterocycles. The number of hydrogen-bond donors (Lipinski definition) is 3. The number of thioether (sulfide) groups is 1. The van der Waals surface area contributed by atoms with Gasteiger partial charge in [0.05, 0.1) is 5.60 Å². The van der Waals surface area contributed by atoms with E-state index < -0.39 is 11.6 Å². The molecular weight excluding hydrogens is 252 g/mol. The third-order valence-electron chi connectivity index (χ3n) is 3.65. The first kappa shape index (κ1) is 13.7. The lowest BCUT2D eigenvalue weighted by Gasteiger charge is -2.35. The van der Waals surface area contributed by atoms with Gasteiger partial charge >= 0.3 is 0 Å². The van der Waals surface area contributed by atoms with Crippen LogP contribution in [0.2, 0.25) is 0 Å². The Balaban J connectivity index is 1.80. The largest absolute Gasteiger partial charge is 0.388 e. The van der Waals surface area contributed by atoms with Crippen molar-refractivity contribution in [2.45, 2.75) is 44.2 Å². The molecule has 2 rings (SSSR count). The quantitative estimate of drug-likeness (QED) is 0.712. The maximum atomic E-state index is 11.8. The molecule has 5 nitrogen and oxygen atoms in total. The van der Waals surface area contributed by atoms with Crippen LogP contribution >= 0.6 is 11.8 Å². The van der Waals surface area contributed by atoms with Gasteiger partial charge in [-0.05, 0) is 18.8 Å². The number of hydrogen-bond acceptors (Lipinski definition) is 4. The van der Waals surface area contributed by atoms with Gasteiger partial charge in [0.2, 0.25) is 5.91 Å². The molecule has 2 amide bonds. The molecule has 0 bridgehead atoms. The van der Waals surface area contributed by atoms with Crippen LogP contribution in [0.25, 0.3) is 0 Å². The van der Waals surface area contributed by atoms with Crippen molar-refractivity contribution in [3.05, 3.63) is 0 Å². The van der Waals surface area contributed by atoms with Crippen molar-refractivity contribution in [3.63, 3.8) is 0 Å². The maximum Gasteiger partial charge on any atom is 0.279 e. The molecule has 1 aliphatic heterocycles. The first-order chi connectivity index (χ1) is 8.48. The van der Waals surface area contributed by atoms with Gasteiger partial charge in [0, 0.05) is 12.3 Å². The Morgan fingerprint density at radius 3 is 3.06 bits per heavy atom. The zero-order chi connectivity index (χ0) is 13.2. The van der Waals surface area contributed by atoms with Crippen molar-refractivity contribution in [2.75, 3.05) is 12.3 Å². The van der Waals surface area contributed by atoms with E-state index in [0.717, 1.165) is 37.4 Å². The third-order valence-corrected chi connectivity index (χ3v) is 4.53. The predicted octanol–water partition coefficient (Wildman–Crippen LogP) is 0.869. The predicted molar refractivity (Wildman–Crippen MR) is 70.4 cm³/mol. The third kappa shape index (κ3) is 3.38. The van der Waals surface area contributed by atoms with Crippen LogP contribution in [0.15, 0.2) is 0 Å². The van der Waals surface area contributed by atoms with Crippen molar-refractivity contribution in [1.82, 2.24) is 10.6 Å². The molecule has 1 saturated heterocycles. The molecule has 0 aromatic rings. The van der Waals surface area contributed by atoms with E-state index >= 15 is 0 Å². The lowest BCUT2D eigenvalue weighted by molar-refractivity contribution is -0.124. The number of nitrogens with one attached hydrogen (secondary N) is 2. The van der Waals surface area contributed by atoms with Gasteiger partial charge in [0.1, 0.15) is 6.04 Å². The summed E-state index contributed by atoms with van der Waals surface area (Å²) in [5, 5.41) is 15.6. The fraction of sp³-hybridized carbons (Fsp3) is 0.833. The number of carbonyl (C=O) groups is 2. The van der Waals surface area contributed by atoms with Crippen LogP contribution in [0.1, 0.15) is 32.6 Å². The van der Waals surface area contributed by atoms with E-state index in [0.29, 0.717) is 11.7 Å². The molecule has 3 N–H and O–H groups in total. The van der Waals surface area contributed by atoms with Gasteiger partial charge < -0.3 is 15.7 Å². The summed E-state index contributed by atoms with van der Waals surface area (Å²) in [6.07, 6.45) is 3.62. The highest BCUT2D eigenvalue weighted by Gasteiger charge is 2.34. The summed E-state index contributed by atoms with van der Waals surface area (Å²) in [4.78, 5) is 22.8. The van der Waals surface area contributed by atoms with E-state index in [9.17, 15) is 14.7 Å². The lowest BCUT2D eigenvalue weighted by Crippen LogP contribution is -2.50. The highest BCUT2D eigenvalue weighted by Crippen LogP contribution is 2.31. The van der Waals surface area contributed by atoms with Crippen LogP contribution in [0, 0.1) is 5.92 Å². The Bertz CT molecular complexity index is 350. The molecule has 0 radical (unpaired) electrons. The van der Waals surface area contributed by atoms with Crippen molar-refractivity contribution >= 4 is 22.9 Å². The minimum absolute atomic E-state index is 0.153. The molecule has 2 fully saturated rings. The number of rotatable bonds is 3. The van der Waals surface area contributed by atoms with E-state index in [1.807, 2.05) is 0 Å². The first-order valence-corrected chi connectivity index (χ1v) is 7.40. The minimum atomic E-state index is -0.775. The zero-order valence-corrected chi connectivity index (χ0v) is 11.4. The van der Waals surface area contributed by atoms with E-state index in [-0.39, 0.29) is 17.7 Å². The van der Waals surface area contributed by atoms with Gasteiger partial charge in [0.25, 0.3) is 5.24 Å². The Morgan fingerprint density at radius 1 is 1.67 bits per heavy atom. The van der Waals surface area contributed by atoms with Crippen LogP contribution in [0.5, 0.6) is 0 Å². The van der Waals surface area contributed by atoms with Gasteiger partial charge in [-0.15, -0.1) is 0 Å². The molecule has 3 atom stereocenters. The van der Waals surface area contributed by atoms with Crippen LogP contribution in [0.3, 0.4) is 0 Å². The Kier molecular flexibility index (Phi) is 4.17. The van der Waals surface area contributed by atoms with Gasteiger partial charge in [0.15, 0.2) is 0 Å². The van der Waals surface area contributed by atoms with Crippen LogP contribution in [0.4, 0.5) is 4.79 Å². The van der Waals surface area contributed by atoms with Crippen LogP contribution < -0.4 is 10.6 Å². The molecule has 2 aliphatic rings. The van der Waals surface area contributed by atoms with Crippen molar-refractivity contribution < 1.29 is 14.7 Å². The molecule has 18 heavy (non-hydrogen) atoms. The molecule has 0 spiro atoms. The van der Waals surface area contributed by atoms with Gasteiger partial charge in [-0.1, -0.05) is 31.5 Å². The molecule has 3 unspecified atom stereocenters. The normalized spacial score (nSPS) is 36.2. The second-order valence-electron chi connectivity index (χ2n) is 5.44. The summed E-state index contributed by atoms with van der Waals surface area (Å²) >= 11 is 1.12. The van der Waals surface area contributed by atoms with Gasteiger partial charge in [-0.25, -0.2) is 0 Å². The molecule has 102 valence electrons. The van der Waals surface area contributed by atoms with Gasteiger partial charge in [-0.2, -0.15) is 0 Å². The lowest BCUT2D eigenvalue weighted by atomic mass is 9.79. The van der Waals surface area contributed by atoms with Crippen molar-refractivity contribution in [1.29, 1.82) is 0 Å². The summed E-state index contributed by atoms with van der Waals surface area (Å²) in [6.45, 7) is 2.41. The molecule has 6 heteroatoms.